The van der Waals surface area contributed by atoms with Crippen LogP contribution in [-0.4, -0.2) is 21.0 Å². The van der Waals surface area contributed by atoms with E-state index in [1.165, 1.54) is 0 Å². The summed E-state index contributed by atoms with van der Waals surface area (Å²) in [6, 6.07) is 1.89. The van der Waals surface area contributed by atoms with Crippen LogP contribution in [0.5, 0.6) is 0 Å². The van der Waals surface area contributed by atoms with Crippen molar-refractivity contribution in [2.45, 2.75) is 24.8 Å². The molecule has 102 valence electrons. The zero-order chi connectivity index (χ0) is 13.9. The van der Waals surface area contributed by atoms with Crippen LogP contribution >= 0.6 is 0 Å². The summed E-state index contributed by atoms with van der Waals surface area (Å²) < 4.78 is 52.2. The van der Waals surface area contributed by atoms with Gasteiger partial charge in [-0.25, -0.2) is 21.9 Å². The van der Waals surface area contributed by atoms with Gasteiger partial charge in [0.15, 0.2) is 0 Å². The molecule has 4 nitrogen and oxygen atoms in total. The highest BCUT2D eigenvalue weighted by Gasteiger charge is 2.23. The van der Waals surface area contributed by atoms with E-state index in [0.717, 1.165) is 12.1 Å². The van der Waals surface area contributed by atoms with Gasteiger partial charge in [0.25, 0.3) is 0 Å². The number of hydrogen-bond donors (Lipinski definition) is 2. The van der Waals surface area contributed by atoms with Gasteiger partial charge in [0.05, 0.1) is 0 Å². The van der Waals surface area contributed by atoms with Gasteiger partial charge in [-0.05, 0) is 31.5 Å². The number of rotatable bonds is 5. The summed E-state index contributed by atoms with van der Waals surface area (Å²) in [6.07, 6.45) is 0. The Bertz CT molecular complexity index is 520. The molecule has 0 amide bonds. The highest BCUT2D eigenvalue weighted by atomic mass is 32.2. The summed E-state index contributed by atoms with van der Waals surface area (Å²) in [5.74, 6) is -2.03. The van der Waals surface area contributed by atoms with Crippen LogP contribution in [0, 0.1) is 17.6 Å². The number of nitrogens with two attached hydrogens (primary N) is 1. The van der Waals surface area contributed by atoms with Crippen molar-refractivity contribution in [3.63, 3.8) is 0 Å². The van der Waals surface area contributed by atoms with Gasteiger partial charge in [-0.2, -0.15) is 0 Å². The second-order valence-corrected chi connectivity index (χ2v) is 5.88. The van der Waals surface area contributed by atoms with Gasteiger partial charge >= 0.3 is 0 Å². The zero-order valence-corrected chi connectivity index (χ0v) is 11.0. The second kappa shape index (κ2) is 5.73. The molecule has 18 heavy (non-hydrogen) atoms. The fourth-order valence-corrected chi connectivity index (χ4v) is 2.73. The van der Waals surface area contributed by atoms with Crippen molar-refractivity contribution in [2.24, 2.45) is 11.7 Å². The first-order valence-electron chi connectivity index (χ1n) is 5.45. The van der Waals surface area contributed by atoms with Gasteiger partial charge in [0.2, 0.25) is 10.0 Å². The molecule has 0 heterocycles. The van der Waals surface area contributed by atoms with Crippen LogP contribution in [0.15, 0.2) is 23.1 Å². The summed E-state index contributed by atoms with van der Waals surface area (Å²) in [4.78, 5) is -0.569. The highest BCUT2D eigenvalue weighted by Crippen LogP contribution is 2.16. The van der Waals surface area contributed by atoms with Crippen LogP contribution in [0.3, 0.4) is 0 Å². The van der Waals surface area contributed by atoms with E-state index in [9.17, 15) is 17.2 Å². The van der Waals surface area contributed by atoms with Crippen LogP contribution < -0.4 is 10.5 Å². The molecule has 3 N–H and O–H groups in total. The van der Waals surface area contributed by atoms with Crippen LogP contribution in [0.2, 0.25) is 0 Å². The lowest BCUT2D eigenvalue weighted by atomic mass is 10.1. The summed E-state index contributed by atoms with van der Waals surface area (Å²) in [6.45, 7) is 3.71. The molecule has 0 aliphatic carbocycles. The number of halogens is 2. The summed E-state index contributed by atoms with van der Waals surface area (Å²) in [5.41, 5.74) is 5.42. The van der Waals surface area contributed by atoms with Gasteiger partial charge < -0.3 is 5.73 Å². The molecular formula is C11H16F2N2O2S. The molecule has 2 atom stereocenters. The maximum Gasteiger partial charge on any atom is 0.243 e. The molecule has 0 aromatic heterocycles. The van der Waals surface area contributed by atoms with E-state index < -0.39 is 32.6 Å². The first kappa shape index (κ1) is 15.0. The smallest absolute Gasteiger partial charge is 0.243 e. The van der Waals surface area contributed by atoms with Crippen molar-refractivity contribution in [2.75, 3.05) is 6.54 Å². The largest absolute Gasteiger partial charge is 0.330 e. The van der Waals surface area contributed by atoms with E-state index in [4.69, 9.17) is 5.73 Å². The molecule has 0 saturated heterocycles. The molecule has 0 radical (unpaired) electrons. The van der Waals surface area contributed by atoms with Crippen molar-refractivity contribution in [3.8, 4) is 0 Å². The highest BCUT2D eigenvalue weighted by molar-refractivity contribution is 7.89. The van der Waals surface area contributed by atoms with E-state index in [1.54, 1.807) is 13.8 Å². The predicted octanol–water partition coefficient (Wildman–Crippen LogP) is 1.23. The lowest BCUT2D eigenvalue weighted by molar-refractivity contribution is 0.451. The molecule has 1 aromatic carbocycles. The van der Waals surface area contributed by atoms with Crippen LogP contribution in [0.4, 0.5) is 8.78 Å². The van der Waals surface area contributed by atoms with Crippen LogP contribution in [0.25, 0.3) is 0 Å². The fraction of sp³-hybridized carbons (Fsp3) is 0.455. The van der Waals surface area contributed by atoms with Gasteiger partial charge in [-0.3, -0.25) is 0 Å². The van der Waals surface area contributed by atoms with E-state index in [0.29, 0.717) is 12.6 Å². The number of hydrogen-bond acceptors (Lipinski definition) is 3. The molecule has 0 bridgehead atoms. The van der Waals surface area contributed by atoms with Crippen molar-refractivity contribution < 1.29 is 17.2 Å². The number of sulfonamides is 1. The van der Waals surface area contributed by atoms with Crippen molar-refractivity contribution >= 4 is 10.0 Å². The van der Waals surface area contributed by atoms with E-state index in [1.807, 2.05) is 0 Å². The van der Waals surface area contributed by atoms with Gasteiger partial charge in [-0.1, -0.05) is 6.92 Å². The Morgan fingerprint density at radius 2 is 1.94 bits per heavy atom. The molecule has 0 aliphatic rings. The Balaban J connectivity index is 3.00. The first-order valence-corrected chi connectivity index (χ1v) is 6.93. The fourth-order valence-electron chi connectivity index (χ4n) is 1.32. The quantitative estimate of drug-likeness (QED) is 0.851. The third kappa shape index (κ3) is 3.47. The molecule has 0 saturated carbocycles. The monoisotopic (exact) mass is 278 g/mol. The zero-order valence-electron chi connectivity index (χ0n) is 10.2. The van der Waals surface area contributed by atoms with Gasteiger partial charge in [0.1, 0.15) is 16.5 Å². The third-order valence-corrected chi connectivity index (χ3v) is 4.34. The molecule has 0 aliphatic heterocycles. The minimum absolute atomic E-state index is 0.0942. The average molecular weight is 278 g/mol. The molecule has 0 fully saturated rings. The molecule has 2 unspecified atom stereocenters. The Morgan fingerprint density at radius 3 is 2.44 bits per heavy atom. The van der Waals surface area contributed by atoms with Crippen molar-refractivity contribution in [1.82, 2.24) is 4.72 Å². The van der Waals surface area contributed by atoms with Gasteiger partial charge in [0, 0.05) is 12.1 Å². The third-order valence-electron chi connectivity index (χ3n) is 2.75. The van der Waals surface area contributed by atoms with Crippen molar-refractivity contribution in [3.05, 3.63) is 29.8 Å². The SMILES string of the molecule is CC(CN)C(C)NS(=O)(=O)c1ccc(F)cc1F. The van der Waals surface area contributed by atoms with Crippen LogP contribution in [0.1, 0.15) is 13.8 Å². The lowest BCUT2D eigenvalue weighted by Crippen LogP contribution is -2.39. The topological polar surface area (TPSA) is 72.2 Å². The van der Waals surface area contributed by atoms with Crippen molar-refractivity contribution in [1.29, 1.82) is 0 Å². The Labute approximate surface area is 105 Å². The maximum absolute atomic E-state index is 13.4. The predicted molar refractivity (Wildman–Crippen MR) is 64.4 cm³/mol. The van der Waals surface area contributed by atoms with E-state index >= 15 is 0 Å². The lowest BCUT2D eigenvalue weighted by Gasteiger charge is -2.19. The maximum atomic E-state index is 13.4. The molecule has 1 aromatic rings. The summed E-state index contributed by atoms with van der Waals surface area (Å²) in [5, 5.41) is 0. The minimum Gasteiger partial charge on any atom is -0.330 e. The normalized spacial score (nSPS) is 15.4. The molecular weight excluding hydrogens is 262 g/mol. The molecule has 1 rings (SSSR count). The minimum atomic E-state index is -4.01. The number of benzene rings is 1. The molecule has 0 spiro atoms. The Morgan fingerprint density at radius 1 is 1.33 bits per heavy atom. The second-order valence-electron chi connectivity index (χ2n) is 4.20. The average Bonchev–Trinajstić information content (AvgIpc) is 2.26. The van der Waals surface area contributed by atoms with E-state index in [-0.39, 0.29) is 5.92 Å². The van der Waals surface area contributed by atoms with E-state index in [2.05, 4.69) is 4.72 Å². The summed E-state index contributed by atoms with van der Waals surface area (Å²) in [7, 11) is -4.01. The molecule has 7 heteroatoms. The van der Waals surface area contributed by atoms with Gasteiger partial charge in [-0.15, -0.1) is 0 Å². The van der Waals surface area contributed by atoms with Crippen LogP contribution in [-0.2, 0) is 10.0 Å². The Kier molecular flexibility index (Phi) is 4.78. The summed E-state index contributed by atoms with van der Waals surface area (Å²) >= 11 is 0. The standard InChI is InChI=1S/C11H16F2N2O2S/c1-7(6-14)8(2)15-18(16,17)11-4-3-9(12)5-10(11)13/h3-5,7-8,15H,6,14H2,1-2H3. The number of nitrogens with one attached hydrogen (secondary N) is 1. The first-order chi connectivity index (χ1) is 8.27. The Hall–Kier alpha value is -1.05.